The van der Waals surface area contributed by atoms with Crippen molar-refractivity contribution in [2.24, 2.45) is 7.05 Å². The molecule has 0 radical (unpaired) electrons. The van der Waals surface area contributed by atoms with Gasteiger partial charge in [0.2, 0.25) is 0 Å². The standard InChI is InChI=1S/C13H13BrClFN2O/c1-3-10-13(15)11(18(2)17-10)7-19-12-5-4-8(16)6-9(12)14/h4-6H,3,7H2,1-2H3. The zero-order valence-corrected chi connectivity index (χ0v) is 12.9. The molecule has 0 saturated carbocycles. The Morgan fingerprint density at radius 1 is 1.47 bits per heavy atom. The molecule has 0 bridgehead atoms. The minimum Gasteiger partial charge on any atom is -0.486 e. The van der Waals surface area contributed by atoms with Crippen molar-refractivity contribution in [3.8, 4) is 5.75 Å². The van der Waals surface area contributed by atoms with Crippen molar-refractivity contribution in [3.63, 3.8) is 0 Å². The summed E-state index contributed by atoms with van der Waals surface area (Å²) in [6.07, 6.45) is 0.771. The summed E-state index contributed by atoms with van der Waals surface area (Å²) in [4.78, 5) is 0. The maximum absolute atomic E-state index is 13.0. The highest BCUT2D eigenvalue weighted by Gasteiger charge is 2.14. The molecule has 0 aliphatic heterocycles. The SMILES string of the molecule is CCc1nn(C)c(COc2ccc(F)cc2Br)c1Cl. The largest absolute Gasteiger partial charge is 0.486 e. The molecular formula is C13H13BrClFN2O. The first kappa shape index (κ1) is 14.3. The van der Waals surface area contributed by atoms with Crippen molar-refractivity contribution >= 4 is 27.5 Å². The molecule has 1 aromatic carbocycles. The molecule has 0 fully saturated rings. The summed E-state index contributed by atoms with van der Waals surface area (Å²) in [7, 11) is 1.82. The predicted octanol–water partition coefficient (Wildman–Crippen LogP) is 4.12. The monoisotopic (exact) mass is 346 g/mol. The number of rotatable bonds is 4. The van der Waals surface area contributed by atoms with Crippen LogP contribution < -0.4 is 4.74 Å². The Bertz CT molecular complexity index is 601. The van der Waals surface area contributed by atoms with Gasteiger partial charge in [-0.15, -0.1) is 0 Å². The van der Waals surface area contributed by atoms with Crippen molar-refractivity contribution in [1.29, 1.82) is 0 Å². The van der Waals surface area contributed by atoms with Crippen LogP contribution in [0.1, 0.15) is 18.3 Å². The third-order valence-corrected chi connectivity index (χ3v) is 3.82. The lowest BCUT2D eigenvalue weighted by Crippen LogP contribution is -2.04. The van der Waals surface area contributed by atoms with Gasteiger partial charge in [-0.2, -0.15) is 5.10 Å². The van der Waals surface area contributed by atoms with E-state index in [-0.39, 0.29) is 12.4 Å². The van der Waals surface area contributed by atoms with Crippen LogP contribution in [0.15, 0.2) is 22.7 Å². The van der Waals surface area contributed by atoms with Crippen LogP contribution in [0.4, 0.5) is 4.39 Å². The molecule has 0 atom stereocenters. The van der Waals surface area contributed by atoms with Crippen LogP contribution in [-0.4, -0.2) is 9.78 Å². The van der Waals surface area contributed by atoms with Crippen LogP contribution in [0.25, 0.3) is 0 Å². The van der Waals surface area contributed by atoms with E-state index in [4.69, 9.17) is 16.3 Å². The Balaban J connectivity index is 2.16. The third kappa shape index (κ3) is 3.09. The van der Waals surface area contributed by atoms with Gasteiger partial charge in [-0.05, 0) is 40.5 Å². The second-order valence-electron chi connectivity index (χ2n) is 4.05. The lowest BCUT2D eigenvalue weighted by Gasteiger charge is -2.08. The molecular weight excluding hydrogens is 335 g/mol. The van der Waals surface area contributed by atoms with Crippen molar-refractivity contribution in [2.45, 2.75) is 20.0 Å². The summed E-state index contributed by atoms with van der Waals surface area (Å²) in [6, 6.07) is 4.28. The first-order valence-corrected chi connectivity index (χ1v) is 6.98. The second-order valence-corrected chi connectivity index (χ2v) is 5.28. The van der Waals surface area contributed by atoms with Gasteiger partial charge in [0.1, 0.15) is 18.2 Å². The molecule has 1 aromatic heterocycles. The normalized spacial score (nSPS) is 10.8. The van der Waals surface area contributed by atoms with Crippen molar-refractivity contribution < 1.29 is 9.13 Å². The van der Waals surface area contributed by atoms with E-state index in [1.165, 1.54) is 12.1 Å². The number of hydrogen-bond donors (Lipinski definition) is 0. The first-order chi connectivity index (χ1) is 9.02. The van der Waals surface area contributed by atoms with E-state index in [0.29, 0.717) is 15.2 Å². The summed E-state index contributed by atoms with van der Waals surface area (Å²) < 4.78 is 20.9. The summed E-state index contributed by atoms with van der Waals surface area (Å²) in [5, 5.41) is 4.94. The average molecular weight is 348 g/mol. The highest BCUT2D eigenvalue weighted by Crippen LogP contribution is 2.28. The fourth-order valence-electron chi connectivity index (χ4n) is 1.72. The predicted molar refractivity (Wildman–Crippen MR) is 76.0 cm³/mol. The zero-order valence-electron chi connectivity index (χ0n) is 10.6. The molecule has 0 N–H and O–H groups in total. The molecule has 0 amide bonds. The first-order valence-electron chi connectivity index (χ1n) is 5.81. The van der Waals surface area contributed by atoms with Crippen molar-refractivity contribution in [1.82, 2.24) is 9.78 Å². The molecule has 0 aliphatic carbocycles. The second kappa shape index (κ2) is 5.92. The maximum Gasteiger partial charge on any atom is 0.134 e. The summed E-state index contributed by atoms with van der Waals surface area (Å²) in [6.45, 7) is 2.28. The molecule has 0 aliphatic rings. The molecule has 3 nitrogen and oxygen atoms in total. The highest BCUT2D eigenvalue weighted by molar-refractivity contribution is 9.10. The minimum atomic E-state index is -0.314. The Morgan fingerprint density at radius 2 is 2.21 bits per heavy atom. The number of aryl methyl sites for hydroxylation is 2. The Morgan fingerprint density at radius 3 is 2.79 bits per heavy atom. The van der Waals surface area contributed by atoms with Gasteiger partial charge in [-0.1, -0.05) is 18.5 Å². The number of benzene rings is 1. The summed E-state index contributed by atoms with van der Waals surface area (Å²) >= 11 is 9.48. The molecule has 1 heterocycles. The highest BCUT2D eigenvalue weighted by atomic mass is 79.9. The van der Waals surface area contributed by atoms with E-state index in [0.717, 1.165) is 17.8 Å². The van der Waals surface area contributed by atoms with Crippen LogP contribution in [0, 0.1) is 5.82 Å². The molecule has 19 heavy (non-hydrogen) atoms. The summed E-state index contributed by atoms with van der Waals surface area (Å²) in [5.74, 6) is 0.253. The molecule has 102 valence electrons. The number of halogens is 3. The van der Waals surface area contributed by atoms with Crippen LogP contribution >= 0.6 is 27.5 Å². The molecule has 6 heteroatoms. The van der Waals surface area contributed by atoms with Gasteiger partial charge in [0.25, 0.3) is 0 Å². The van der Waals surface area contributed by atoms with Gasteiger partial charge in [-0.25, -0.2) is 4.39 Å². The number of ether oxygens (including phenoxy) is 1. The quantitative estimate of drug-likeness (QED) is 0.832. The molecule has 2 aromatic rings. The average Bonchev–Trinajstić information content (AvgIpc) is 2.64. The lowest BCUT2D eigenvalue weighted by atomic mass is 10.3. The zero-order chi connectivity index (χ0) is 14.0. The molecule has 0 unspecified atom stereocenters. The van der Waals surface area contributed by atoms with Gasteiger partial charge < -0.3 is 4.74 Å². The molecule has 0 spiro atoms. The topological polar surface area (TPSA) is 27.1 Å². The van der Waals surface area contributed by atoms with Gasteiger partial charge in [0.15, 0.2) is 0 Å². The lowest BCUT2D eigenvalue weighted by molar-refractivity contribution is 0.292. The van der Waals surface area contributed by atoms with E-state index in [1.54, 1.807) is 10.7 Å². The van der Waals surface area contributed by atoms with E-state index in [9.17, 15) is 4.39 Å². The van der Waals surface area contributed by atoms with Crippen LogP contribution in [-0.2, 0) is 20.1 Å². The van der Waals surface area contributed by atoms with Gasteiger partial charge in [-0.3, -0.25) is 4.68 Å². The van der Waals surface area contributed by atoms with Crippen LogP contribution in [0.5, 0.6) is 5.75 Å². The number of hydrogen-bond acceptors (Lipinski definition) is 2. The smallest absolute Gasteiger partial charge is 0.134 e. The van der Waals surface area contributed by atoms with E-state index in [2.05, 4.69) is 21.0 Å². The fourth-order valence-corrected chi connectivity index (χ4v) is 2.53. The van der Waals surface area contributed by atoms with E-state index >= 15 is 0 Å². The Kier molecular flexibility index (Phi) is 4.47. The minimum absolute atomic E-state index is 0.284. The summed E-state index contributed by atoms with van der Waals surface area (Å²) in [5.41, 5.74) is 1.65. The van der Waals surface area contributed by atoms with Crippen molar-refractivity contribution in [2.75, 3.05) is 0 Å². The van der Waals surface area contributed by atoms with E-state index in [1.807, 2.05) is 14.0 Å². The van der Waals surface area contributed by atoms with E-state index < -0.39 is 0 Å². The maximum atomic E-state index is 13.0. The van der Waals surface area contributed by atoms with Gasteiger partial charge in [0, 0.05) is 7.05 Å². The third-order valence-electron chi connectivity index (χ3n) is 2.76. The van der Waals surface area contributed by atoms with Gasteiger partial charge >= 0.3 is 0 Å². The Hall–Kier alpha value is -1.07. The van der Waals surface area contributed by atoms with Crippen LogP contribution in [0.2, 0.25) is 5.02 Å². The number of aromatic nitrogens is 2. The molecule has 2 rings (SSSR count). The van der Waals surface area contributed by atoms with Crippen LogP contribution in [0.3, 0.4) is 0 Å². The van der Waals surface area contributed by atoms with Crippen molar-refractivity contribution in [3.05, 3.63) is 44.9 Å². The number of nitrogens with zero attached hydrogens (tertiary/aromatic N) is 2. The molecule has 0 saturated heterocycles. The fraction of sp³-hybridized carbons (Fsp3) is 0.308. The van der Waals surface area contributed by atoms with Gasteiger partial charge in [0.05, 0.1) is 20.9 Å². The Labute approximate surface area is 124 Å².